The number of aryl methyl sites for hydroxylation is 4. The first-order valence-electron chi connectivity index (χ1n) is 22.2. The first-order valence-corrected chi connectivity index (χ1v) is 20.2. The summed E-state index contributed by atoms with van der Waals surface area (Å²) < 4.78 is 31.8. The minimum Gasteiger partial charge on any atom is -0.256 e. The van der Waals surface area contributed by atoms with Gasteiger partial charge in [-0.1, -0.05) is 167 Å². The Bertz CT molecular complexity index is 2580. The maximum Gasteiger partial charge on any atom is 0.0708 e. The molecule has 5 aromatic carbocycles. The molecule has 0 radical (unpaired) electrons. The number of benzene rings is 5. The van der Waals surface area contributed by atoms with E-state index in [1.54, 1.807) is 12.1 Å². The van der Waals surface area contributed by atoms with E-state index in [0.717, 1.165) is 57.6 Å². The van der Waals surface area contributed by atoms with Gasteiger partial charge in [0.05, 0.1) is 11.4 Å². The molecule has 0 unspecified atom stereocenters. The maximum atomic E-state index is 8.97. The molecule has 1 fully saturated rings. The molecule has 7 aromatic rings. The van der Waals surface area contributed by atoms with E-state index in [2.05, 4.69) is 140 Å². The Balaban J connectivity index is 1.01. The lowest BCUT2D eigenvalue weighted by Gasteiger charge is -2.34. The van der Waals surface area contributed by atoms with Gasteiger partial charge in [0, 0.05) is 29.0 Å². The zero-order valence-corrected chi connectivity index (χ0v) is 33.2. The first kappa shape index (κ1) is 32.6. The third kappa shape index (κ3) is 8.17. The van der Waals surface area contributed by atoms with Crippen molar-refractivity contribution >= 4 is 0 Å². The van der Waals surface area contributed by atoms with Crippen LogP contribution in [0.4, 0.5) is 0 Å². The van der Waals surface area contributed by atoms with Gasteiger partial charge in [0.15, 0.2) is 0 Å². The quantitative estimate of drug-likeness (QED) is 0.140. The summed E-state index contributed by atoms with van der Waals surface area (Å²) in [6.07, 6.45) is 11.6. The van der Waals surface area contributed by atoms with Crippen molar-refractivity contribution in [2.75, 3.05) is 0 Å². The molecule has 8 rings (SSSR count). The second-order valence-corrected chi connectivity index (χ2v) is 16.3. The van der Waals surface area contributed by atoms with Gasteiger partial charge in [-0.2, -0.15) is 0 Å². The van der Waals surface area contributed by atoms with E-state index in [0.29, 0.717) is 0 Å². The van der Waals surface area contributed by atoms with Crippen LogP contribution >= 0.6 is 0 Å². The highest BCUT2D eigenvalue weighted by molar-refractivity contribution is 5.85. The molecule has 1 aliphatic rings. The van der Waals surface area contributed by atoms with Crippen LogP contribution in [0.5, 0.6) is 0 Å². The van der Waals surface area contributed by atoms with E-state index >= 15 is 0 Å². The third-order valence-electron chi connectivity index (χ3n) is 11.9. The summed E-state index contributed by atoms with van der Waals surface area (Å²) in [6.45, 7) is 6.32. The molecule has 0 N–H and O–H groups in total. The Labute approximate surface area is 340 Å². The number of hydrogen-bond donors (Lipinski definition) is 0. The number of pyridine rings is 2. The number of aromatic nitrogens is 2. The number of rotatable bonds is 10. The van der Waals surface area contributed by atoms with E-state index in [-0.39, 0.29) is 11.0 Å². The molecule has 0 bridgehead atoms. The first-order chi connectivity index (χ1) is 28.7. The predicted molar refractivity (Wildman–Crippen MR) is 237 cm³/mol. The SMILES string of the molecule is [2H]C([2H])([2H])c1ccc(-c2ccc(CCc3cc(C)cc(-c4ccccc4-c4ccc(-c5cc(-c6ccc(C7(C)CCCCC7)cc6)c(C([2H])(C)C)cn5)cc4)c3)cc2)nc1. The van der Waals surface area contributed by atoms with Gasteiger partial charge in [0.25, 0.3) is 0 Å². The predicted octanol–water partition coefficient (Wildman–Crippen LogP) is 14.6. The topological polar surface area (TPSA) is 25.8 Å². The standard InChI is InChI=1S/C54H54N2/c1-37(2)51-36-56-53(34-50(51)43-24-26-47(27-25-43)54(5)29-9-6-10-30-54)45-22-20-42(21-23-45)48-11-7-8-12-49(48)46-32-39(4)31-41(33-46)15-14-40-16-18-44(19-17-40)52-28-13-38(3)35-55-52/h7-8,11-13,16-28,31-37H,6,9-10,14-15,29-30H2,1-5H3/i3D3,37D. The second-order valence-electron chi connectivity index (χ2n) is 16.3. The van der Waals surface area contributed by atoms with E-state index in [1.807, 2.05) is 20.0 Å². The summed E-state index contributed by atoms with van der Waals surface area (Å²) in [5.41, 5.74) is 17.2. The number of nitrogens with zero attached hydrogens (tertiary/aromatic N) is 2. The van der Waals surface area contributed by atoms with E-state index in [9.17, 15) is 0 Å². The molecule has 2 heterocycles. The summed E-state index contributed by atoms with van der Waals surface area (Å²) in [6, 6.07) is 47.4. The lowest BCUT2D eigenvalue weighted by Crippen LogP contribution is -2.24. The molecule has 0 atom stereocenters. The molecule has 2 heteroatoms. The van der Waals surface area contributed by atoms with Crippen LogP contribution in [0.2, 0.25) is 0 Å². The van der Waals surface area contributed by atoms with Crippen molar-refractivity contribution in [1.29, 1.82) is 0 Å². The summed E-state index contributed by atoms with van der Waals surface area (Å²) in [4.78, 5) is 9.32. The maximum absolute atomic E-state index is 8.97. The van der Waals surface area contributed by atoms with Crippen molar-refractivity contribution in [3.63, 3.8) is 0 Å². The largest absolute Gasteiger partial charge is 0.256 e. The van der Waals surface area contributed by atoms with Crippen LogP contribution in [0, 0.1) is 13.8 Å². The molecule has 280 valence electrons. The molecule has 0 spiro atoms. The van der Waals surface area contributed by atoms with Gasteiger partial charge >= 0.3 is 0 Å². The average Bonchev–Trinajstić information content (AvgIpc) is 3.25. The highest BCUT2D eigenvalue weighted by atomic mass is 14.7. The van der Waals surface area contributed by atoms with Crippen molar-refractivity contribution in [3.05, 3.63) is 179 Å². The molecule has 0 amide bonds. The fourth-order valence-corrected chi connectivity index (χ4v) is 8.59. The van der Waals surface area contributed by atoms with Gasteiger partial charge in [-0.05, 0) is 124 Å². The van der Waals surface area contributed by atoms with Crippen LogP contribution in [0.1, 0.15) is 97.6 Å². The summed E-state index contributed by atoms with van der Waals surface area (Å²) in [7, 11) is 0. The molecular formula is C54H54N2. The zero-order chi connectivity index (χ0) is 42.1. The third-order valence-corrected chi connectivity index (χ3v) is 11.9. The molecule has 2 aromatic heterocycles. The molecule has 0 aliphatic heterocycles. The Kier molecular flexibility index (Phi) is 9.46. The Hall–Kier alpha value is -5.60. The van der Waals surface area contributed by atoms with Crippen molar-refractivity contribution in [3.8, 4) is 55.9 Å². The van der Waals surface area contributed by atoms with Gasteiger partial charge in [0.2, 0.25) is 0 Å². The average molecular weight is 735 g/mol. The molecule has 2 nitrogen and oxygen atoms in total. The van der Waals surface area contributed by atoms with Gasteiger partial charge in [-0.25, -0.2) is 0 Å². The fraction of sp³-hybridized carbons (Fsp3) is 0.259. The summed E-state index contributed by atoms with van der Waals surface area (Å²) in [5.74, 6) is -0.790. The van der Waals surface area contributed by atoms with E-state index in [4.69, 9.17) is 10.5 Å². The molecule has 1 aliphatic carbocycles. The van der Waals surface area contributed by atoms with Gasteiger partial charge in [-0.15, -0.1) is 0 Å². The summed E-state index contributed by atoms with van der Waals surface area (Å²) >= 11 is 0. The summed E-state index contributed by atoms with van der Waals surface area (Å²) in [5, 5.41) is 0. The molecule has 56 heavy (non-hydrogen) atoms. The number of hydrogen-bond acceptors (Lipinski definition) is 2. The zero-order valence-electron chi connectivity index (χ0n) is 37.2. The lowest BCUT2D eigenvalue weighted by atomic mass is 9.71. The Morgan fingerprint density at radius 1 is 0.571 bits per heavy atom. The Morgan fingerprint density at radius 3 is 1.86 bits per heavy atom. The highest BCUT2D eigenvalue weighted by Gasteiger charge is 2.28. The molecule has 0 saturated heterocycles. The van der Waals surface area contributed by atoms with Crippen molar-refractivity contribution in [2.24, 2.45) is 0 Å². The lowest BCUT2D eigenvalue weighted by molar-refractivity contribution is 0.319. The fourth-order valence-electron chi connectivity index (χ4n) is 8.59. The van der Waals surface area contributed by atoms with Crippen LogP contribution < -0.4 is 0 Å². The van der Waals surface area contributed by atoms with Gasteiger partial charge in [-0.3, -0.25) is 9.97 Å². The van der Waals surface area contributed by atoms with Crippen LogP contribution in [-0.2, 0) is 18.3 Å². The monoisotopic (exact) mass is 734 g/mol. The highest BCUT2D eigenvalue weighted by Crippen LogP contribution is 2.41. The van der Waals surface area contributed by atoms with Crippen LogP contribution in [0.15, 0.2) is 146 Å². The molecular weight excluding hydrogens is 677 g/mol. The van der Waals surface area contributed by atoms with Crippen molar-refractivity contribution < 1.29 is 5.48 Å². The minimum atomic E-state index is -2.15. The van der Waals surface area contributed by atoms with Crippen molar-refractivity contribution in [2.45, 2.75) is 90.8 Å². The van der Waals surface area contributed by atoms with E-state index in [1.165, 1.54) is 77.2 Å². The minimum absolute atomic E-state index is 0.246. The van der Waals surface area contributed by atoms with E-state index < -0.39 is 12.7 Å². The van der Waals surface area contributed by atoms with Crippen LogP contribution in [0.3, 0.4) is 0 Å². The molecule has 1 saturated carbocycles. The second kappa shape index (κ2) is 16.2. The Morgan fingerprint density at radius 2 is 1.18 bits per heavy atom. The van der Waals surface area contributed by atoms with Gasteiger partial charge in [0.1, 0.15) is 0 Å². The van der Waals surface area contributed by atoms with Crippen LogP contribution in [-0.4, -0.2) is 9.97 Å². The van der Waals surface area contributed by atoms with Crippen molar-refractivity contribution in [1.82, 2.24) is 9.97 Å². The van der Waals surface area contributed by atoms with Crippen LogP contribution in [0.25, 0.3) is 55.9 Å². The smallest absolute Gasteiger partial charge is 0.0708 e. The van der Waals surface area contributed by atoms with Gasteiger partial charge < -0.3 is 0 Å². The normalized spacial score (nSPS) is 15.4.